The van der Waals surface area contributed by atoms with Gasteiger partial charge in [0, 0.05) is 24.4 Å². The van der Waals surface area contributed by atoms with E-state index in [0.29, 0.717) is 18.1 Å². The molecule has 0 amide bonds. The first kappa shape index (κ1) is 6.65. The van der Waals surface area contributed by atoms with E-state index >= 15 is 0 Å². The van der Waals surface area contributed by atoms with Crippen LogP contribution in [0.4, 0.5) is 0 Å². The zero-order valence-corrected chi connectivity index (χ0v) is 6.55. The maximum Gasteiger partial charge on any atom is 0.164 e. The Bertz CT molecular complexity index is 288. The number of ketones is 1. The summed E-state index contributed by atoms with van der Waals surface area (Å²) in [5.74, 6) is 0.811. The first-order chi connectivity index (χ1) is 5.27. The van der Waals surface area contributed by atoms with Crippen LogP contribution in [0.2, 0.25) is 0 Å². The number of rotatable bonds is 0. The average Bonchev–Trinajstić information content (AvgIpc) is 2.34. The second kappa shape index (κ2) is 2.22. The van der Waals surface area contributed by atoms with Crippen LogP contribution in [0.25, 0.3) is 0 Å². The lowest BCUT2D eigenvalue weighted by Crippen LogP contribution is -2.15. The third kappa shape index (κ3) is 0.985. The summed E-state index contributed by atoms with van der Waals surface area (Å²) in [6.45, 7) is 2.12. The lowest BCUT2D eigenvalue weighted by atomic mass is 9.87. The van der Waals surface area contributed by atoms with Gasteiger partial charge in [-0.2, -0.15) is 0 Å². The Morgan fingerprint density at radius 3 is 3.09 bits per heavy atom. The fraction of sp³-hybridized carbons (Fsp3) is 0.444. The summed E-state index contributed by atoms with van der Waals surface area (Å²) in [5.41, 5.74) is 2.09. The minimum Gasteiger partial charge on any atom is -0.367 e. The molecule has 1 heterocycles. The van der Waals surface area contributed by atoms with Gasteiger partial charge in [-0.1, -0.05) is 6.92 Å². The Balaban J connectivity index is 2.44. The summed E-state index contributed by atoms with van der Waals surface area (Å²) in [5, 5.41) is 0. The number of fused-ring (bicyclic) bond motifs is 1. The van der Waals surface area contributed by atoms with Crippen molar-refractivity contribution in [1.29, 1.82) is 0 Å². The highest BCUT2D eigenvalue weighted by atomic mass is 16.1. The Morgan fingerprint density at radius 1 is 1.45 bits per heavy atom. The molecule has 1 N–H and O–H groups in total. The lowest BCUT2D eigenvalue weighted by Gasteiger charge is -2.16. The topological polar surface area (TPSA) is 32.9 Å². The van der Waals surface area contributed by atoms with Crippen molar-refractivity contribution in [2.45, 2.75) is 19.8 Å². The molecule has 58 valence electrons. The van der Waals surface area contributed by atoms with Crippen molar-refractivity contribution in [1.82, 2.24) is 4.98 Å². The Labute approximate surface area is 65.6 Å². The van der Waals surface area contributed by atoms with Gasteiger partial charge in [-0.05, 0) is 17.9 Å². The van der Waals surface area contributed by atoms with E-state index in [1.165, 1.54) is 5.56 Å². The van der Waals surface area contributed by atoms with Crippen LogP contribution in [-0.2, 0) is 6.42 Å². The molecule has 0 aromatic carbocycles. The molecule has 1 aromatic heterocycles. The van der Waals surface area contributed by atoms with Gasteiger partial charge in [-0.25, -0.2) is 0 Å². The third-order valence-electron chi connectivity index (χ3n) is 2.23. The van der Waals surface area contributed by atoms with Crippen molar-refractivity contribution in [2.75, 3.05) is 0 Å². The van der Waals surface area contributed by atoms with Crippen LogP contribution in [0.1, 0.15) is 29.3 Å². The number of aromatic nitrogens is 1. The number of carbonyl (C=O) groups is 1. The van der Waals surface area contributed by atoms with Crippen molar-refractivity contribution in [3.8, 4) is 0 Å². The maximum absolute atomic E-state index is 11.3. The summed E-state index contributed by atoms with van der Waals surface area (Å²) in [6, 6.07) is 0. The molecular formula is C9H11NO. The molecule has 1 unspecified atom stereocenters. The predicted octanol–water partition coefficient (Wildman–Crippen LogP) is 1.78. The average molecular weight is 149 g/mol. The van der Waals surface area contributed by atoms with E-state index in [1.807, 2.05) is 12.4 Å². The minimum absolute atomic E-state index is 0.292. The monoisotopic (exact) mass is 149 g/mol. The van der Waals surface area contributed by atoms with Crippen LogP contribution < -0.4 is 0 Å². The van der Waals surface area contributed by atoms with E-state index in [2.05, 4.69) is 11.9 Å². The molecule has 2 heteroatoms. The highest BCUT2D eigenvalue weighted by molar-refractivity contribution is 5.98. The Morgan fingerprint density at radius 2 is 2.27 bits per heavy atom. The molecule has 0 spiro atoms. The second-order valence-corrected chi connectivity index (χ2v) is 3.33. The van der Waals surface area contributed by atoms with E-state index in [9.17, 15) is 4.79 Å². The van der Waals surface area contributed by atoms with Crippen LogP contribution >= 0.6 is 0 Å². The van der Waals surface area contributed by atoms with Gasteiger partial charge in [0.25, 0.3) is 0 Å². The number of carbonyl (C=O) groups excluding carboxylic acids is 1. The highest BCUT2D eigenvalue weighted by Crippen LogP contribution is 2.24. The number of Topliss-reactive ketones (excluding diaryl/α,β-unsaturated/α-hetero) is 1. The first-order valence-electron chi connectivity index (χ1n) is 3.96. The first-order valence-corrected chi connectivity index (χ1v) is 3.96. The normalized spacial score (nSPS) is 23.4. The zero-order chi connectivity index (χ0) is 7.84. The van der Waals surface area contributed by atoms with Crippen LogP contribution in [0.3, 0.4) is 0 Å². The van der Waals surface area contributed by atoms with E-state index in [1.54, 1.807) is 0 Å². The van der Waals surface area contributed by atoms with E-state index in [0.717, 1.165) is 12.0 Å². The largest absolute Gasteiger partial charge is 0.367 e. The summed E-state index contributed by atoms with van der Waals surface area (Å²) in [4.78, 5) is 14.3. The standard InChI is InChI=1S/C9H11NO/c1-6-2-7-4-10-5-8(7)9(11)3-6/h4-6,10H,2-3H2,1H3. The number of aromatic amines is 1. The minimum atomic E-state index is 0.292. The van der Waals surface area contributed by atoms with Crippen molar-refractivity contribution < 1.29 is 4.79 Å². The molecule has 11 heavy (non-hydrogen) atoms. The molecule has 1 aliphatic rings. The number of H-pyrrole nitrogens is 1. The summed E-state index contributed by atoms with van der Waals surface area (Å²) < 4.78 is 0. The summed E-state index contributed by atoms with van der Waals surface area (Å²) >= 11 is 0. The Kier molecular flexibility index (Phi) is 1.34. The molecule has 1 aromatic rings. The van der Waals surface area contributed by atoms with Gasteiger partial charge in [0.2, 0.25) is 0 Å². The Hall–Kier alpha value is -1.05. The molecular weight excluding hydrogens is 138 g/mol. The molecule has 0 radical (unpaired) electrons. The van der Waals surface area contributed by atoms with Crippen LogP contribution in [0, 0.1) is 5.92 Å². The van der Waals surface area contributed by atoms with Gasteiger partial charge < -0.3 is 4.98 Å². The molecule has 0 bridgehead atoms. The van der Waals surface area contributed by atoms with Gasteiger partial charge in [-0.3, -0.25) is 4.79 Å². The molecule has 0 saturated carbocycles. The summed E-state index contributed by atoms with van der Waals surface area (Å²) in [6.07, 6.45) is 5.50. The molecule has 1 atom stereocenters. The SMILES string of the molecule is CC1CC(=O)c2c[nH]cc2C1. The molecule has 0 saturated heterocycles. The van der Waals surface area contributed by atoms with E-state index in [4.69, 9.17) is 0 Å². The van der Waals surface area contributed by atoms with E-state index < -0.39 is 0 Å². The van der Waals surface area contributed by atoms with Crippen molar-refractivity contribution in [3.63, 3.8) is 0 Å². The van der Waals surface area contributed by atoms with Crippen LogP contribution in [0.15, 0.2) is 12.4 Å². The van der Waals surface area contributed by atoms with Gasteiger partial charge in [-0.15, -0.1) is 0 Å². The van der Waals surface area contributed by atoms with Gasteiger partial charge in [0.1, 0.15) is 0 Å². The fourth-order valence-electron chi connectivity index (χ4n) is 1.70. The van der Waals surface area contributed by atoms with Crippen LogP contribution in [-0.4, -0.2) is 10.8 Å². The van der Waals surface area contributed by atoms with Crippen molar-refractivity contribution in [3.05, 3.63) is 23.5 Å². The maximum atomic E-state index is 11.3. The van der Waals surface area contributed by atoms with Gasteiger partial charge in [0.05, 0.1) is 0 Å². The van der Waals surface area contributed by atoms with Crippen molar-refractivity contribution >= 4 is 5.78 Å². The second-order valence-electron chi connectivity index (χ2n) is 3.33. The van der Waals surface area contributed by atoms with Gasteiger partial charge in [0.15, 0.2) is 5.78 Å². The molecule has 1 aliphatic carbocycles. The molecule has 0 fully saturated rings. The summed E-state index contributed by atoms with van der Waals surface area (Å²) in [7, 11) is 0. The molecule has 2 nitrogen and oxygen atoms in total. The van der Waals surface area contributed by atoms with Crippen molar-refractivity contribution in [2.24, 2.45) is 5.92 Å². The van der Waals surface area contributed by atoms with E-state index in [-0.39, 0.29) is 0 Å². The number of hydrogen-bond acceptors (Lipinski definition) is 1. The highest BCUT2D eigenvalue weighted by Gasteiger charge is 2.22. The molecule has 2 rings (SSSR count). The lowest BCUT2D eigenvalue weighted by molar-refractivity contribution is 0.0954. The number of hydrogen-bond donors (Lipinski definition) is 1. The zero-order valence-electron chi connectivity index (χ0n) is 6.55. The predicted molar refractivity (Wildman–Crippen MR) is 42.6 cm³/mol. The molecule has 0 aliphatic heterocycles. The quantitative estimate of drug-likeness (QED) is 0.599. The number of nitrogens with one attached hydrogen (secondary N) is 1. The third-order valence-corrected chi connectivity index (χ3v) is 2.23. The van der Waals surface area contributed by atoms with Crippen LogP contribution in [0.5, 0.6) is 0 Å². The van der Waals surface area contributed by atoms with Gasteiger partial charge >= 0.3 is 0 Å². The smallest absolute Gasteiger partial charge is 0.164 e. The fourth-order valence-corrected chi connectivity index (χ4v) is 1.70.